The molecule has 0 spiro atoms. The van der Waals surface area contributed by atoms with Crippen molar-refractivity contribution in [2.24, 2.45) is 10.7 Å². The van der Waals surface area contributed by atoms with E-state index in [1.54, 1.807) is 0 Å². The molecule has 0 aromatic heterocycles. The molecule has 1 saturated carbocycles. The fraction of sp³-hybridized carbons (Fsp3) is 0.480. The fourth-order valence-corrected chi connectivity index (χ4v) is 4.48. The van der Waals surface area contributed by atoms with E-state index in [1.165, 1.54) is 42.4 Å². The zero-order chi connectivity index (χ0) is 20.1. The number of hydrogen-bond acceptors (Lipinski definition) is 1. The lowest BCUT2D eigenvalue weighted by Gasteiger charge is -2.28. The largest absolute Gasteiger partial charge is 0.370 e. The molecule has 150 valence electrons. The molecule has 0 unspecified atom stereocenters. The van der Waals surface area contributed by atoms with Crippen LogP contribution < -0.4 is 11.1 Å². The Hall–Kier alpha value is -2.29. The van der Waals surface area contributed by atoms with E-state index in [-0.39, 0.29) is 5.41 Å². The van der Waals surface area contributed by atoms with Crippen LogP contribution >= 0.6 is 0 Å². The van der Waals surface area contributed by atoms with Gasteiger partial charge in [-0.25, -0.2) is 0 Å². The molecular weight excluding hydrogens is 342 g/mol. The highest BCUT2D eigenvalue weighted by Gasteiger charge is 2.35. The zero-order valence-electron chi connectivity index (χ0n) is 17.8. The second kappa shape index (κ2) is 8.81. The van der Waals surface area contributed by atoms with Crippen LogP contribution in [0.5, 0.6) is 0 Å². The molecule has 3 rings (SSSR count). The van der Waals surface area contributed by atoms with Crippen LogP contribution in [0.4, 0.5) is 5.69 Å². The number of aliphatic imine (C=N–C) groups is 1. The second-order valence-corrected chi connectivity index (χ2v) is 8.80. The molecule has 3 N–H and O–H groups in total. The van der Waals surface area contributed by atoms with Crippen LogP contribution in [0.15, 0.2) is 53.5 Å². The predicted molar refractivity (Wildman–Crippen MR) is 121 cm³/mol. The van der Waals surface area contributed by atoms with Crippen LogP contribution in [0, 0.1) is 0 Å². The third-order valence-electron chi connectivity index (χ3n) is 6.12. The van der Waals surface area contributed by atoms with Gasteiger partial charge in [0.05, 0.1) is 6.54 Å². The summed E-state index contributed by atoms with van der Waals surface area (Å²) in [7, 11) is 0. The van der Waals surface area contributed by atoms with Crippen molar-refractivity contribution in [1.82, 2.24) is 0 Å². The van der Waals surface area contributed by atoms with Gasteiger partial charge in [0.25, 0.3) is 0 Å². The predicted octanol–water partition coefficient (Wildman–Crippen LogP) is 6.17. The Kier molecular flexibility index (Phi) is 6.43. The summed E-state index contributed by atoms with van der Waals surface area (Å²) < 4.78 is 0. The number of nitrogens with one attached hydrogen (secondary N) is 1. The van der Waals surface area contributed by atoms with Crippen molar-refractivity contribution in [2.75, 3.05) is 11.9 Å². The van der Waals surface area contributed by atoms with Crippen LogP contribution in [-0.2, 0) is 5.41 Å². The molecular formula is C25H35N3. The lowest BCUT2D eigenvalue weighted by molar-refractivity contribution is 0.454. The first kappa shape index (κ1) is 20.4. The van der Waals surface area contributed by atoms with E-state index in [0.717, 1.165) is 12.2 Å². The van der Waals surface area contributed by atoms with Crippen LogP contribution in [0.2, 0.25) is 0 Å². The van der Waals surface area contributed by atoms with Gasteiger partial charge >= 0.3 is 0 Å². The molecule has 1 aliphatic carbocycles. The summed E-state index contributed by atoms with van der Waals surface area (Å²) in [6.07, 6.45) is 4.91. The van der Waals surface area contributed by atoms with Gasteiger partial charge in [0.2, 0.25) is 0 Å². The smallest absolute Gasteiger partial charge is 0.193 e. The van der Waals surface area contributed by atoms with Crippen molar-refractivity contribution >= 4 is 11.6 Å². The Morgan fingerprint density at radius 1 is 0.929 bits per heavy atom. The van der Waals surface area contributed by atoms with E-state index in [4.69, 9.17) is 10.7 Å². The number of anilines is 1. The van der Waals surface area contributed by atoms with Gasteiger partial charge in [-0.1, -0.05) is 89.1 Å². The Morgan fingerprint density at radius 2 is 1.50 bits per heavy atom. The van der Waals surface area contributed by atoms with E-state index >= 15 is 0 Å². The van der Waals surface area contributed by atoms with Crippen molar-refractivity contribution in [3.05, 3.63) is 65.2 Å². The summed E-state index contributed by atoms with van der Waals surface area (Å²) in [5.74, 6) is 1.39. The first-order valence-corrected chi connectivity index (χ1v) is 10.7. The molecule has 28 heavy (non-hydrogen) atoms. The molecule has 0 bridgehead atoms. The second-order valence-electron chi connectivity index (χ2n) is 8.80. The maximum atomic E-state index is 6.40. The summed E-state index contributed by atoms with van der Waals surface area (Å²) in [6, 6.07) is 17.4. The Labute approximate surface area is 170 Å². The van der Waals surface area contributed by atoms with Crippen molar-refractivity contribution < 1.29 is 0 Å². The SMILES string of the molecule is CC(C)c1cccc(C(C)C)c1NC(N)=NCC1(c2ccccc2)CCCC1. The van der Waals surface area contributed by atoms with Gasteiger partial charge in [-0.2, -0.15) is 0 Å². The molecule has 0 aliphatic heterocycles. The highest BCUT2D eigenvalue weighted by atomic mass is 15.1. The Morgan fingerprint density at radius 3 is 2.04 bits per heavy atom. The molecule has 1 fully saturated rings. The maximum absolute atomic E-state index is 6.40. The van der Waals surface area contributed by atoms with Gasteiger partial charge in [0.1, 0.15) is 0 Å². The lowest BCUT2D eigenvalue weighted by Crippen LogP contribution is -2.30. The number of guanidine groups is 1. The molecule has 3 heteroatoms. The summed E-state index contributed by atoms with van der Waals surface area (Å²) in [5.41, 5.74) is 11.6. The standard InChI is InChI=1S/C25H35N3/c1-18(2)21-13-10-14-22(19(3)4)23(21)28-24(26)27-17-25(15-8-9-16-25)20-11-6-5-7-12-20/h5-7,10-14,18-19H,8-9,15-17H2,1-4H3,(H3,26,27,28). The monoisotopic (exact) mass is 377 g/mol. The number of rotatable bonds is 6. The minimum Gasteiger partial charge on any atom is -0.370 e. The third-order valence-corrected chi connectivity index (χ3v) is 6.12. The molecule has 0 amide bonds. The summed E-state index contributed by atoms with van der Waals surface area (Å²) in [4.78, 5) is 4.83. The van der Waals surface area contributed by atoms with Gasteiger partial charge in [-0.3, -0.25) is 4.99 Å². The van der Waals surface area contributed by atoms with E-state index in [1.807, 2.05) is 0 Å². The first-order valence-electron chi connectivity index (χ1n) is 10.7. The normalized spacial score (nSPS) is 16.7. The number of nitrogens with zero attached hydrogens (tertiary/aromatic N) is 1. The highest BCUT2D eigenvalue weighted by Crippen LogP contribution is 2.41. The molecule has 0 radical (unpaired) electrons. The van der Waals surface area contributed by atoms with Gasteiger partial charge in [0, 0.05) is 11.1 Å². The van der Waals surface area contributed by atoms with Gasteiger partial charge in [-0.15, -0.1) is 0 Å². The number of benzene rings is 2. The molecule has 0 saturated heterocycles. The van der Waals surface area contributed by atoms with Gasteiger partial charge < -0.3 is 11.1 Å². The van der Waals surface area contributed by atoms with Crippen LogP contribution in [0.3, 0.4) is 0 Å². The lowest BCUT2D eigenvalue weighted by atomic mass is 9.79. The van der Waals surface area contributed by atoms with Crippen LogP contribution in [-0.4, -0.2) is 12.5 Å². The molecule has 0 heterocycles. The van der Waals surface area contributed by atoms with Crippen LogP contribution in [0.25, 0.3) is 0 Å². The molecule has 0 atom stereocenters. The zero-order valence-corrected chi connectivity index (χ0v) is 17.8. The Balaban J connectivity index is 1.85. The van der Waals surface area contributed by atoms with Crippen molar-refractivity contribution in [3.8, 4) is 0 Å². The van der Waals surface area contributed by atoms with E-state index in [2.05, 4.69) is 81.5 Å². The van der Waals surface area contributed by atoms with Crippen molar-refractivity contribution in [1.29, 1.82) is 0 Å². The molecule has 2 aromatic carbocycles. The summed E-state index contributed by atoms with van der Waals surface area (Å²) in [5, 5.41) is 3.46. The maximum Gasteiger partial charge on any atom is 0.193 e. The van der Waals surface area contributed by atoms with Gasteiger partial charge in [-0.05, 0) is 41.4 Å². The fourth-order valence-electron chi connectivity index (χ4n) is 4.48. The molecule has 1 aliphatic rings. The quantitative estimate of drug-likeness (QED) is 0.467. The number of para-hydroxylation sites is 1. The van der Waals surface area contributed by atoms with Crippen LogP contribution in [0.1, 0.15) is 81.9 Å². The number of nitrogens with two attached hydrogens (primary N) is 1. The molecule has 3 nitrogen and oxygen atoms in total. The van der Waals surface area contributed by atoms with E-state index in [9.17, 15) is 0 Å². The van der Waals surface area contributed by atoms with Crippen molar-refractivity contribution in [3.63, 3.8) is 0 Å². The minimum absolute atomic E-state index is 0.131. The van der Waals surface area contributed by atoms with Crippen molar-refractivity contribution in [2.45, 2.75) is 70.6 Å². The van der Waals surface area contributed by atoms with E-state index < -0.39 is 0 Å². The highest BCUT2D eigenvalue weighted by molar-refractivity contribution is 5.94. The Bertz CT molecular complexity index is 774. The molecule has 2 aromatic rings. The topological polar surface area (TPSA) is 50.4 Å². The first-order chi connectivity index (χ1) is 13.4. The van der Waals surface area contributed by atoms with E-state index in [0.29, 0.717) is 17.8 Å². The third kappa shape index (κ3) is 4.40. The average molecular weight is 378 g/mol. The number of hydrogen-bond donors (Lipinski definition) is 2. The van der Waals surface area contributed by atoms with Gasteiger partial charge in [0.15, 0.2) is 5.96 Å². The minimum atomic E-state index is 0.131. The summed E-state index contributed by atoms with van der Waals surface area (Å²) in [6.45, 7) is 9.64. The average Bonchev–Trinajstić information content (AvgIpc) is 3.17. The summed E-state index contributed by atoms with van der Waals surface area (Å²) >= 11 is 0.